The van der Waals surface area contributed by atoms with E-state index in [1.165, 1.54) is 13.3 Å². The van der Waals surface area contributed by atoms with Gasteiger partial charge in [0.15, 0.2) is 5.69 Å². The van der Waals surface area contributed by atoms with Crippen molar-refractivity contribution in [2.45, 2.75) is 12.2 Å². The SMILES string of the molecule is COCC(Nc1cncc(C(F)(F)F)n1)c1ccnn1C. The maximum atomic E-state index is 12.6. The van der Waals surface area contributed by atoms with Gasteiger partial charge >= 0.3 is 6.18 Å². The van der Waals surface area contributed by atoms with E-state index in [1.54, 1.807) is 24.0 Å². The minimum absolute atomic E-state index is 0.0214. The van der Waals surface area contributed by atoms with Crippen molar-refractivity contribution in [3.8, 4) is 0 Å². The molecule has 1 unspecified atom stereocenters. The first-order valence-corrected chi connectivity index (χ1v) is 6.04. The van der Waals surface area contributed by atoms with Crippen molar-refractivity contribution < 1.29 is 17.9 Å². The first kappa shape index (κ1) is 15.2. The summed E-state index contributed by atoms with van der Waals surface area (Å²) in [6.07, 6.45) is -1.03. The zero-order valence-electron chi connectivity index (χ0n) is 11.4. The maximum Gasteiger partial charge on any atom is 0.434 e. The molecular weight excluding hydrogens is 287 g/mol. The van der Waals surface area contributed by atoms with Crippen LogP contribution in [-0.4, -0.2) is 33.5 Å². The van der Waals surface area contributed by atoms with Crippen molar-refractivity contribution in [2.24, 2.45) is 7.05 Å². The van der Waals surface area contributed by atoms with Gasteiger partial charge in [-0.1, -0.05) is 0 Å². The monoisotopic (exact) mass is 301 g/mol. The maximum absolute atomic E-state index is 12.6. The van der Waals surface area contributed by atoms with Crippen LogP contribution < -0.4 is 5.32 Å². The molecule has 0 aliphatic carbocycles. The molecule has 1 N–H and O–H groups in total. The molecular formula is C12H14F3N5O. The van der Waals surface area contributed by atoms with E-state index in [1.807, 2.05) is 0 Å². The molecule has 2 aromatic heterocycles. The number of aromatic nitrogens is 4. The number of nitrogens with one attached hydrogen (secondary N) is 1. The van der Waals surface area contributed by atoms with Crippen LogP contribution in [0.4, 0.5) is 19.0 Å². The third-order valence-electron chi connectivity index (χ3n) is 2.80. The number of nitrogens with zero attached hydrogens (tertiary/aromatic N) is 4. The van der Waals surface area contributed by atoms with Crippen LogP contribution in [0.15, 0.2) is 24.7 Å². The van der Waals surface area contributed by atoms with Crippen LogP contribution in [0.25, 0.3) is 0 Å². The first-order chi connectivity index (χ1) is 9.91. The number of ether oxygens (including phenoxy) is 1. The fourth-order valence-corrected chi connectivity index (χ4v) is 1.84. The van der Waals surface area contributed by atoms with Crippen LogP contribution in [0.1, 0.15) is 17.4 Å². The predicted octanol–water partition coefficient (Wildman–Crippen LogP) is 2.03. The Kier molecular flexibility index (Phi) is 4.41. The molecule has 114 valence electrons. The molecule has 0 spiro atoms. The highest BCUT2D eigenvalue weighted by Crippen LogP contribution is 2.28. The summed E-state index contributed by atoms with van der Waals surface area (Å²) < 4.78 is 44.6. The lowest BCUT2D eigenvalue weighted by Gasteiger charge is -2.19. The molecule has 0 aliphatic heterocycles. The van der Waals surface area contributed by atoms with Crippen molar-refractivity contribution in [1.82, 2.24) is 19.7 Å². The molecule has 0 amide bonds. The third-order valence-corrected chi connectivity index (χ3v) is 2.80. The molecule has 21 heavy (non-hydrogen) atoms. The summed E-state index contributed by atoms with van der Waals surface area (Å²) in [7, 11) is 3.24. The Morgan fingerprint density at radius 1 is 1.38 bits per heavy atom. The number of aryl methyl sites for hydroxylation is 1. The predicted molar refractivity (Wildman–Crippen MR) is 68.5 cm³/mol. The van der Waals surface area contributed by atoms with Crippen LogP contribution in [0, 0.1) is 0 Å². The van der Waals surface area contributed by atoms with Gasteiger partial charge in [-0.3, -0.25) is 9.67 Å². The fourth-order valence-electron chi connectivity index (χ4n) is 1.84. The van der Waals surface area contributed by atoms with Crippen LogP contribution in [-0.2, 0) is 18.0 Å². The summed E-state index contributed by atoms with van der Waals surface area (Å²) in [6.45, 7) is 0.247. The summed E-state index contributed by atoms with van der Waals surface area (Å²) in [4.78, 5) is 7.08. The number of alkyl halides is 3. The van der Waals surface area contributed by atoms with Gasteiger partial charge in [0.2, 0.25) is 0 Å². The van der Waals surface area contributed by atoms with E-state index in [0.29, 0.717) is 6.20 Å². The van der Waals surface area contributed by atoms with Gasteiger partial charge in [0.05, 0.1) is 30.7 Å². The van der Waals surface area contributed by atoms with E-state index in [9.17, 15) is 13.2 Å². The molecule has 2 heterocycles. The smallest absolute Gasteiger partial charge is 0.382 e. The van der Waals surface area contributed by atoms with Crippen LogP contribution in [0.5, 0.6) is 0 Å². The molecule has 0 fully saturated rings. The van der Waals surface area contributed by atoms with E-state index in [2.05, 4.69) is 20.4 Å². The third kappa shape index (κ3) is 3.69. The highest BCUT2D eigenvalue weighted by atomic mass is 19.4. The zero-order valence-corrected chi connectivity index (χ0v) is 11.4. The average Bonchev–Trinajstić information content (AvgIpc) is 2.84. The second-order valence-corrected chi connectivity index (χ2v) is 4.32. The minimum atomic E-state index is -4.53. The van der Waals surface area contributed by atoms with Crippen molar-refractivity contribution in [1.29, 1.82) is 0 Å². The van der Waals surface area contributed by atoms with Crippen molar-refractivity contribution in [3.63, 3.8) is 0 Å². The van der Waals surface area contributed by atoms with Gasteiger partial charge < -0.3 is 10.1 Å². The molecule has 6 nitrogen and oxygen atoms in total. The molecule has 2 rings (SSSR count). The van der Waals surface area contributed by atoms with Gasteiger partial charge in [-0.2, -0.15) is 18.3 Å². The van der Waals surface area contributed by atoms with Crippen molar-refractivity contribution in [2.75, 3.05) is 19.0 Å². The summed E-state index contributed by atoms with van der Waals surface area (Å²) in [5, 5.41) is 6.90. The minimum Gasteiger partial charge on any atom is -0.382 e. The summed E-state index contributed by atoms with van der Waals surface area (Å²) in [5.74, 6) is 0.0214. The van der Waals surface area contributed by atoms with Gasteiger partial charge in [0.25, 0.3) is 0 Å². The number of hydrogen-bond acceptors (Lipinski definition) is 5. The van der Waals surface area contributed by atoms with E-state index in [4.69, 9.17) is 4.74 Å². The molecule has 0 aliphatic rings. The van der Waals surface area contributed by atoms with E-state index in [0.717, 1.165) is 5.69 Å². The Morgan fingerprint density at radius 2 is 2.14 bits per heavy atom. The second-order valence-electron chi connectivity index (χ2n) is 4.32. The Hall–Kier alpha value is -2.16. The largest absolute Gasteiger partial charge is 0.434 e. The lowest BCUT2D eigenvalue weighted by atomic mass is 10.2. The fraction of sp³-hybridized carbons (Fsp3) is 0.417. The van der Waals surface area contributed by atoms with Crippen molar-refractivity contribution in [3.05, 3.63) is 36.0 Å². The lowest BCUT2D eigenvalue weighted by Crippen LogP contribution is -2.21. The zero-order chi connectivity index (χ0) is 15.5. The van der Waals surface area contributed by atoms with E-state index < -0.39 is 11.9 Å². The number of hydrogen-bond donors (Lipinski definition) is 1. The van der Waals surface area contributed by atoms with Gasteiger partial charge in [-0.05, 0) is 6.07 Å². The highest BCUT2D eigenvalue weighted by molar-refractivity contribution is 5.35. The second kappa shape index (κ2) is 6.08. The van der Waals surface area contributed by atoms with Crippen molar-refractivity contribution >= 4 is 5.82 Å². The molecule has 0 radical (unpaired) electrons. The average molecular weight is 301 g/mol. The van der Waals surface area contributed by atoms with Gasteiger partial charge in [-0.15, -0.1) is 0 Å². The van der Waals surface area contributed by atoms with Crippen LogP contribution in [0.2, 0.25) is 0 Å². The lowest BCUT2D eigenvalue weighted by molar-refractivity contribution is -0.141. The summed E-state index contributed by atoms with van der Waals surface area (Å²) >= 11 is 0. The molecule has 2 aromatic rings. The molecule has 0 saturated heterocycles. The van der Waals surface area contributed by atoms with Crippen LogP contribution >= 0.6 is 0 Å². The Morgan fingerprint density at radius 3 is 2.71 bits per heavy atom. The standard InChI is InChI=1S/C12H14F3N5O/c1-20-9(3-4-17-20)8(7-21-2)18-11-6-16-5-10(19-11)12(13,14)15/h3-6,8H,7H2,1-2H3,(H,18,19). The molecule has 0 aromatic carbocycles. The highest BCUT2D eigenvalue weighted by Gasteiger charge is 2.33. The summed E-state index contributed by atoms with van der Waals surface area (Å²) in [5.41, 5.74) is -0.287. The summed E-state index contributed by atoms with van der Waals surface area (Å²) in [6, 6.07) is 1.36. The normalized spacial score (nSPS) is 13.2. The number of halogens is 3. The Balaban J connectivity index is 2.24. The molecule has 1 atom stereocenters. The van der Waals surface area contributed by atoms with E-state index >= 15 is 0 Å². The van der Waals surface area contributed by atoms with Gasteiger partial charge in [0, 0.05) is 20.4 Å². The topological polar surface area (TPSA) is 64.9 Å². The van der Waals surface area contributed by atoms with E-state index in [-0.39, 0.29) is 18.5 Å². The number of anilines is 1. The first-order valence-electron chi connectivity index (χ1n) is 6.04. The Bertz CT molecular complexity index is 599. The van der Waals surface area contributed by atoms with Crippen LogP contribution in [0.3, 0.4) is 0 Å². The van der Waals surface area contributed by atoms with Gasteiger partial charge in [0.1, 0.15) is 5.82 Å². The quantitative estimate of drug-likeness (QED) is 0.915. The number of methoxy groups -OCH3 is 1. The van der Waals surface area contributed by atoms with Gasteiger partial charge in [-0.25, -0.2) is 4.98 Å². The molecule has 0 bridgehead atoms. The number of rotatable bonds is 5. The Labute approximate surface area is 119 Å². The molecule has 0 saturated carbocycles. The molecule has 9 heteroatoms.